The number of aromatic nitrogens is 2. The number of anilines is 1. The first-order valence-electron chi connectivity index (χ1n) is 5.85. The second-order valence-corrected chi connectivity index (χ2v) is 4.07. The van der Waals surface area contributed by atoms with Gasteiger partial charge in [0.1, 0.15) is 0 Å². The number of nitrogen functional groups attached to an aromatic ring is 1. The van der Waals surface area contributed by atoms with Crippen LogP contribution in [-0.2, 0) is 6.42 Å². The third-order valence-corrected chi connectivity index (χ3v) is 2.54. The zero-order valence-corrected chi connectivity index (χ0v) is 10.3. The summed E-state index contributed by atoms with van der Waals surface area (Å²) in [6.07, 6.45) is 1.77. The number of H-pyrrole nitrogens is 1. The van der Waals surface area contributed by atoms with Gasteiger partial charge in [0.15, 0.2) is 5.69 Å². The molecular formula is C11H20N4O2. The number of aliphatic hydroxyl groups is 1. The van der Waals surface area contributed by atoms with Gasteiger partial charge in [0.05, 0.1) is 17.5 Å². The third kappa shape index (κ3) is 3.74. The van der Waals surface area contributed by atoms with Crippen LogP contribution in [0.4, 0.5) is 5.69 Å². The summed E-state index contributed by atoms with van der Waals surface area (Å²) in [5, 5.41) is 18.4. The molecule has 0 spiro atoms. The summed E-state index contributed by atoms with van der Waals surface area (Å²) in [7, 11) is 0. The normalized spacial score (nSPS) is 12.4. The molecule has 17 heavy (non-hydrogen) atoms. The predicted octanol–water partition coefficient (Wildman–Crippen LogP) is 0.445. The summed E-state index contributed by atoms with van der Waals surface area (Å²) < 4.78 is 0. The SMILES string of the molecule is CCc1[nH]nc(C(=O)NCCCC(C)O)c1N. The van der Waals surface area contributed by atoms with Crippen molar-refractivity contribution in [2.75, 3.05) is 12.3 Å². The molecule has 0 bridgehead atoms. The Bertz CT molecular complexity index is 374. The molecule has 1 aromatic rings. The van der Waals surface area contributed by atoms with E-state index in [1.165, 1.54) is 0 Å². The van der Waals surface area contributed by atoms with Crippen LogP contribution in [-0.4, -0.2) is 33.9 Å². The standard InChI is InChI=1S/C11H20N4O2/c1-3-8-9(12)10(15-14-8)11(17)13-6-4-5-7(2)16/h7,16H,3-6,12H2,1-2H3,(H,13,17)(H,14,15). The number of rotatable bonds is 6. The van der Waals surface area contributed by atoms with Crippen LogP contribution in [0.1, 0.15) is 42.9 Å². The first-order valence-corrected chi connectivity index (χ1v) is 5.85. The van der Waals surface area contributed by atoms with Crippen LogP contribution in [0.25, 0.3) is 0 Å². The molecule has 96 valence electrons. The maximum Gasteiger partial charge on any atom is 0.273 e. The summed E-state index contributed by atoms with van der Waals surface area (Å²) in [5.41, 5.74) is 7.22. The highest BCUT2D eigenvalue weighted by Crippen LogP contribution is 2.13. The fraction of sp³-hybridized carbons (Fsp3) is 0.636. The van der Waals surface area contributed by atoms with Crippen molar-refractivity contribution in [2.45, 2.75) is 39.2 Å². The van der Waals surface area contributed by atoms with Gasteiger partial charge in [-0.05, 0) is 26.2 Å². The van der Waals surface area contributed by atoms with E-state index in [2.05, 4.69) is 15.5 Å². The largest absolute Gasteiger partial charge is 0.395 e. The van der Waals surface area contributed by atoms with Crippen LogP contribution in [0.5, 0.6) is 0 Å². The van der Waals surface area contributed by atoms with Gasteiger partial charge in [-0.25, -0.2) is 0 Å². The minimum absolute atomic E-state index is 0.249. The molecule has 0 saturated heterocycles. The van der Waals surface area contributed by atoms with E-state index in [9.17, 15) is 4.79 Å². The number of hydrogen-bond donors (Lipinski definition) is 4. The van der Waals surface area contributed by atoms with E-state index in [-0.39, 0.29) is 17.7 Å². The molecule has 6 heteroatoms. The molecule has 1 aromatic heterocycles. The maximum absolute atomic E-state index is 11.7. The second kappa shape index (κ2) is 6.24. The van der Waals surface area contributed by atoms with Gasteiger partial charge in [-0.15, -0.1) is 0 Å². The Hall–Kier alpha value is -1.56. The van der Waals surface area contributed by atoms with E-state index >= 15 is 0 Å². The van der Waals surface area contributed by atoms with Gasteiger partial charge in [0.25, 0.3) is 5.91 Å². The summed E-state index contributed by atoms with van der Waals surface area (Å²) >= 11 is 0. The lowest BCUT2D eigenvalue weighted by Gasteiger charge is -2.05. The number of hydrogen-bond acceptors (Lipinski definition) is 4. The lowest BCUT2D eigenvalue weighted by molar-refractivity contribution is 0.0945. The van der Waals surface area contributed by atoms with E-state index in [4.69, 9.17) is 10.8 Å². The number of carbonyl (C=O) groups excluding carboxylic acids is 1. The number of aliphatic hydroxyl groups excluding tert-OH is 1. The number of carbonyl (C=O) groups is 1. The van der Waals surface area contributed by atoms with E-state index in [0.717, 1.165) is 12.1 Å². The van der Waals surface area contributed by atoms with Gasteiger partial charge in [-0.3, -0.25) is 9.89 Å². The van der Waals surface area contributed by atoms with Crippen LogP contribution in [0, 0.1) is 0 Å². The molecule has 1 rings (SSSR count). The lowest BCUT2D eigenvalue weighted by Crippen LogP contribution is -2.26. The maximum atomic E-state index is 11.7. The van der Waals surface area contributed by atoms with Crippen molar-refractivity contribution in [1.29, 1.82) is 0 Å². The molecule has 0 fully saturated rings. The van der Waals surface area contributed by atoms with Crippen LogP contribution in [0.15, 0.2) is 0 Å². The fourth-order valence-electron chi connectivity index (χ4n) is 1.51. The highest BCUT2D eigenvalue weighted by atomic mass is 16.3. The van der Waals surface area contributed by atoms with E-state index < -0.39 is 0 Å². The highest BCUT2D eigenvalue weighted by molar-refractivity contribution is 5.97. The van der Waals surface area contributed by atoms with Crippen LogP contribution in [0.2, 0.25) is 0 Å². The van der Waals surface area contributed by atoms with Gasteiger partial charge < -0.3 is 16.2 Å². The smallest absolute Gasteiger partial charge is 0.273 e. The zero-order chi connectivity index (χ0) is 12.8. The molecule has 1 atom stereocenters. The van der Waals surface area contributed by atoms with Gasteiger partial charge in [0, 0.05) is 6.54 Å². The quantitative estimate of drug-likeness (QED) is 0.542. The number of aryl methyl sites for hydroxylation is 1. The molecule has 0 aliphatic carbocycles. The first-order chi connectivity index (χ1) is 8.06. The summed E-state index contributed by atoms with van der Waals surface area (Å²) in [6.45, 7) is 4.17. The average Bonchev–Trinajstić information content (AvgIpc) is 2.65. The number of nitrogens with one attached hydrogen (secondary N) is 2. The van der Waals surface area contributed by atoms with Crippen molar-refractivity contribution in [3.8, 4) is 0 Å². The summed E-state index contributed by atoms with van der Waals surface area (Å²) in [6, 6.07) is 0. The van der Waals surface area contributed by atoms with E-state index in [1.807, 2.05) is 6.92 Å². The Morgan fingerprint density at radius 2 is 2.35 bits per heavy atom. The van der Waals surface area contributed by atoms with E-state index in [1.54, 1.807) is 6.92 Å². The van der Waals surface area contributed by atoms with Crippen molar-refractivity contribution in [3.63, 3.8) is 0 Å². The van der Waals surface area contributed by atoms with E-state index in [0.29, 0.717) is 25.1 Å². The predicted molar refractivity (Wildman–Crippen MR) is 65.6 cm³/mol. The van der Waals surface area contributed by atoms with Crippen LogP contribution < -0.4 is 11.1 Å². The molecule has 0 radical (unpaired) electrons. The monoisotopic (exact) mass is 240 g/mol. The molecule has 1 unspecified atom stereocenters. The van der Waals surface area contributed by atoms with Gasteiger partial charge in [-0.2, -0.15) is 5.10 Å². The summed E-state index contributed by atoms with van der Waals surface area (Å²) in [4.78, 5) is 11.7. The highest BCUT2D eigenvalue weighted by Gasteiger charge is 2.15. The number of nitrogens with two attached hydrogens (primary N) is 1. The summed E-state index contributed by atoms with van der Waals surface area (Å²) in [5.74, 6) is -0.274. The molecule has 0 aliphatic rings. The second-order valence-electron chi connectivity index (χ2n) is 4.07. The number of amides is 1. The molecule has 5 N–H and O–H groups in total. The number of nitrogens with zero attached hydrogens (tertiary/aromatic N) is 1. The Morgan fingerprint density at radius 1 is 1.65 bits per heavy atom. The Morgan fingerprint density at radius 3 is 2.88 bits per heavy atom. The van der Waals surface area contributed by atoms with Crippen LogP contribution in [0.3, 0.4) is 0 Å². The van der Waals surface area contributed by atoms with Crippen molar-refractivity contribution < 1.29 is 9.90 Å². The van der Waals surface area contributed by atoms with Gasteiger partial charge in [-0.1, -0.05) is 6.92 Å². The van der Waals surface area contributed by atoms with Crippen LogP contribution >= 0.6 is 0 Å². The van der Waals surface area contributed by atoms with Crippen molar-refractivity contribution in [3.05, 3.63) is 11.4 Å². The molecule has 0 saturated carbocycles. The topological polar surface area (TPSA) is 104 Å². The molecular weight excluding hydrogens is 220 g/mol. The van der Waals surface area contributed by atoms with Crippen molar-refractivity contribution in [2.24, 2.45) is 0 Å². The molecule has 0 aliphatic heterocycles. The lowest BCUT2D eigenvalue weighted by atomic mass is 10.2. The third-order valence-electron chi connectivity index (χ3n) is 2.54. The van der Waals surface area contributed by atoms with Crippen molar-refractivity contribution in [1.82, 2.24) is 15.5 Å². The Labute approximate surface area is 101 Å². The Kier molecular flexibility index (Phi) is 4.96. The van der Waals surface area contributed by atoms with Gasteiger partial charge in [0.2, 0.25) is 0 Å². The number of aromatic amines is 1. The van der Waals surface area contributed by atoms with Crippen molar-refractivity contribution >= 4 is 11.6 Å². The van der Waals surface area contributed by atoms with Gasteiger partial charge >= 0.3 is 0 Å². The molecule has 1 amide bonds. The molecule has 6 nitrogen and oxygen atoms in total. The minimum Gasteiger partial charge on any atom is -0.395 e. The first kappa shape index (κ1) is 13.5. The molecule has 0 aromatic carbocycles. The Balaban J connectivity index is 2.44. The average molecular weight is 240 g/mol. The molecule has 1 heterocycles. The fourth-order valence-corrected chi connectivity index (χ4v) is 1.51. The zero-order valence-electron chi connectivity index (χ0n) is 10.3. The minimum atomic E-state index is -0.339.